The molecule has 1 aliphatic carbocycles. The van der Waals surface area contributed by atoms with Gasteiger partial charge in [-0.05, 0) is 56.9 Å². The molecule has 0 aliphatic heterocycles. The van der Waals surface area contributed by atoms with Crippen molar-refractivity contribution in [3.63, 3.8) is 0 Å². The van der Waals surface area contributed by atoms with E-state index in [2.05, 4.69) is 5.32 Å². The number of rotatable bonds is 5. The van der Waals surface area contributed by atoms with Gasteiger partial charge < -0.3 is 10.1 Å². The van der Waals surface area contributed by atoms with E-state index in [0.717, 1.165) is 36.3 Å². The molecule has 5 nitrogen and oxygen atoms in total. The van der Waals surface area contributed by atoms with Crippen molar-refractivity contribution in [2.24, 2.45) is 5.14 Å². The molecule has 0 saturated heterocycles. The molecular weight excluding hydrogens is 276 g/mol. The zero-order valence-electron chi connectivity index (χ0n) is 12.1. The summed E-state index contributed by atoms with van der Waals surface area (Å²) in [7, 11) is -3.67. The number of benzene rings is 1. The lowest BCUT2D eigenvalue weighted by Crippen LogP contribution is -2.41. The van der Waals surface area contributed by atoms with Crippen molar-refractivity contribution in [3.8, 4) is 0 Å². The van der Waals surface area contributed by atoms with Crippen LogP contribution in [0.5, 0.6) is 0 Å². The Labute approximate surface area is 120 Å². The van der Waals surface area contributed by atoms with E-state index in [1.807, 2.05) is 20.8 Å². The maximum atomic E-state index is 11.5. The Bertz CT molecular complexity index is 593. The maximum Gasteiger partial charge on any atom is 0.238 e. The lowest BCUT2D eigenvalue weighted by molar-refractivity contribution is 0.00298. The van der Waals surface area contributed by atoms with Crippen LogP contribution in [0.1, 0.15) is 30.9 Å². The molecule has 1 aliphatic rings. The number of primary sulfonamides is 1. The van der Waals surface area contributed by atoms with Gasteiger partial charge in [0.15, 0.2) is 0 Å². The largest absolute Gasteiger partial charge is 0.382 e. The molecule has 3 N–H and O–H groups in total. The minimum Gasteiger partial charge on any atom is -0.382 e. The van der Waals surface area contributed by atoms with Gasteiger partial charge >= 0.3 is 0 Å². The minimum absolute atomic E-state index is 0.156. The number of hydrogen-bond acceptors (Lipinski definition) is 4. The van der Waals surface area contributed by atoms with Gasteiger partial charge in [0.05, 0.1) is 11.0 Å². The van der Waals surface area contributed by atoms with E-state index < -0.39 is 10.0 Å². The first-order chi connectivity index (χ1) is 9.31. The quantitative estimate of drug-likeness (QED) is 0.870. The molecule has 1 aromatic rings. The second-order valence-corrected chi connectivity index (χ2v) is 6.91. The Morgan fingerprint density at radius 3 is 2.55 bits per heavy atom. The third kappa shape index (κ3) is 3.31. The molecule has 0 radical (unpaired) electrons. The van der Waals surface area contributed by atoms with Crippen molar-refractivity contribution in [3.05, 3.63) is 23.3 Å². The summed E-state index contributed by atoms with van der Waals surface area (Å²) in [5.74, 6) is 0. The second-order valence-electron chi connectivity index (χ2n) is 5.35. The fourth-order valence-corrected chi connectivity index (χ4v) is 3.04. The number of anilines is 1. The zero-order valence-corrected chi connectivity index (χ0v) is 13.0. The minimum atomic E-state index is -3.67. The molecule has 1 fully saturated rings. The number of ether oxygens (including phenoxy) is 1. The molecule has 112 valence electrons. The lowest BCUT2D eigenvalue weighted by atomic mass is 9.88. The van der Waals surface area contributed by atoms with E-state index >= 15 is 0 Å². The number of aryl methyl sites for hydroxylation is 1. The van der Waals surface area contributed by atoms with Crippen molar-refractivity contribution < 1.29 is 13.2 Å². The molecule has 0 unspecified atom stereocenters. The Kier molecular flexibility index (Phi) is 4.36. The molecule has 20 heavy (non-hydrogen) atoms. The third-order valence-corrected chi connectivity index (χ3v) is 4.72. The smallest absolute Gasteiger partial charge is 0.238 e. The van der Waals surface area contributed by atoms with Gasteiger partial charge in [0.25, 0.3) is 0 Å². The van der Waals surface area contributed by atoms with Gasteiger partial charge in [-0.15, -0.1) is 0 Å². The summed E-state index contributed by atoms with van der Waals surface area (Å²) >= 11 is 0. The highest BCUT2D eigenvalue weighted by molar-refractivity contribution is 7.89. The van der Waals surface area contributed by atoms with E-state index in [0.29, 0.717) is 12.1 Å². The van der Waals surface area contributed by atoms with E-state index in [-0.39, 0.29) is 4.90 Å². The summed E-state index contributed by atoms with van der Waals surface area (Å²) in [6.45, 7) is 6.59. The topological polar surface area (TPSA) is 81.4 Å². The van der Waals surface area contributed by atoms with E-state index in [4.69, 9.17) is 9.88 Å². The average molecular weight is 298 g/mol. The van der Waals surface area contributed by atoms with Crippen LogP contribution in [0.25, 0.3) is 0 Å². The van der Waals surface area contributed by atoms with Crippen LogP contribution in [0.15, 0.2) is 17.0 Å². The standard InChI is InChI=1S/C14H22N2O3S/c1-4-19-12-6-11(7-12)16-14-8-13(20(15,17)18)5-9(2)10(14)3/h5,8,11-12,16H,4,6-7H2,1-3H3,(H2,15,17,18). The van der Waals surface area contributed by atoms with Crippen LogP contribution in [-0.2, 0) is 14.8 Å². The van der Waals surface area contributed by atoms with Crippen molar-refractivity contribution in [1.82, 2.24) is 0 Å². The number of hydrogen-bond donors (Lipinski definition) is 2. The van der Waals surface area contributed by atoms with Crippen molar-refractivity contribution >= 4 is 15.7 Å². The molecule has 0 bridgehead atoms. The van der Waals surface area contributed by atoms with Gasteiger partial charge in [-0.3, -0.25) is 0 Å². The summed E-state index contributed by atoms with van der Waals surface area (Å²) in [6, 6.07) is 3.56. The number of nitrogens with one attached hydrogen (secondary N) is 1. The van der Waals surface area contributed by atoms with Crippen LogP contribution in [0.3, 0.4) is 0 Å². The molecule has 0 atom stereocenters. The molecule has 1 saturated carbocycles. The highest BCUT2D eigenvalue weighted by Gasteiger charge is 2.30. The highest BCUT2D eigenvalue weighted by atomic mass is 32.2. The molecule has 1 aromatic carbocycles. The van der Waals surface area contributed by atoms with Crippen LogP contribution < -0.4 is 10.5 Å². The zero-order chi connectivity index (χ0) is 14.9. The summed E-state index contributed by atoms with van der Waals surface area (Å²) in [6.07, 6.45) is 2.22. The van der Waals surface area contributed by atoms with Crippen LogP contribution in [0, 0.1) is 13.8 Å². The van der Waals surface area contributed by atoms with Gasteiger partial charge in [-0.25, -0.2) is 13.6 Å². The number of nitrogens with two attached hydrogens (primary N) is 1. The highest BCUT2D eigenvalue weighted by Crippen LogP contribution is 2.30. The molecule has 0 amide bonds. The fourth-order valence-electron chi connectivity index (χ4n) is 2.42. The Balaban J connectivity index is 2.14. The molecule has 2 rings (SSSR count). The van der Waals surface area contributed by atoms with Gasteiger partial charge in [0.2, 0.25) is 10.0 Å². The van der Waals surface area contributed by atoms with E-state index in [9.17, 15) is 8.42 Å². The van der Waals surface area contributed by atoms with Crippen molar-refractivity contribution in [1.29, 1.82) is 0 Å². The average Bonchev–Trinajstić information content (AvgIpc) is 2.30. The van der Waals surface area contributed by atoms with E-state index in [1.54, 1.807) is 12.1 Å². The SMILES string of the molecule is CCOC1CC(Nc2cc(S(N)(=O)=O)cc(C)c2C)C1. The van der Waals surface area contributed by atoms with E-state index in [1.165, 1.54) is 0 Å². The van der Waals surface area contributed by atoms with Crippen LogP contribution in [0.2, 0.25) is 0 Å². The number of sulfonamides is 1. The molecular formula is C14H22N2O3S. The summed E-state index contributed by atoms with van der Waals surface area (Å²) < 4.78 is 28.5. The van der Waals surface area contributed by atoms with Crippen molar-refractivity contribution in [2.75, 3.05) is 11.9 Å². The first-order valence-corrected chi connectivity index (χ1v) is 8.38. The predicted molar refractivity (Wildman–Crippen MR) is 79.3 cm³/mol. The third-order valence-electron chi connectivity index (χ3n) is 3.83. The van der Waals surface area contributed by atoms with Gasteiger partial charge in [-0.2, -0.15) is 0 Å². The van der Waals surface area contributed by atoms with Crippen LogP contribution in [0.4, 0.5) is 5.69 Å². The lowest BCUT2D eigenvalue weighted by Gasteiger charge is -2.36. The van der Waals surface area contributed by atoms with Gasteiger partial charge in [0.1, 0.15) is 0 Å². The van der Waals surface area contributed by atoms with Crippen molar-refractivity contribution in [2.45, 2.75) is 50.7 Å². The Morgan fingerprint density at radius 1 is 1.35 bits per heavy atom. The predicted octanol–water partition coefficient (Wildman–Crippen LogP) is 1.93. The fraction of sp³-hybridized carbons (Fsp3) is 0.571. The maximum absolute atomic E-state index is 11.5. The first-order valence-electron chi connectivity index (χ1n) is 6.83. The Hall–Kier alpha value is -1.11. The summed E-state index contributed by atoms with van der Waals surface area (Å²) in [5.41, 5.74) is 2.81. The molecule has 0 heterocycles. The molecule has 0 spiro atoms. The summed E-state index contributed by atoms with van der Waals surface area (Å²) in [5, 5.41) is 8.60. The first kappa shape index (κ1) is 15.3. The monoisotopic (exact) mass is 298 g/mol. The second kappa shape index (κ2) is 5.71. The van der Waals surface area contributed by atoms with Crippen LogP contribution in [-0.4, -0.2) is 27.2 Å². The van der Waals surface area contributed by atoms with Crippen LogP contribution >= 0.6 is 0 Å². The van der Waals surface area contributed by atoms with Gasteiger partial charge in [0, 0.05) is 18.3 Å². The summed E-state index contributed by atoms with van der Waals surface area (Å²) in [4.78, 5) is 0.156. The Morgan fingerprint density at radius 2 is 2.00 bits per heavy atom. The van der Waals surface area contributed by atoms with Gasteiger partial charge in [-0.1, -0.05) is 0 Å². The normalized spacial score (nSPS) is 22.4. The molecule has 6 heteroatoms. The molecule has 0 aromatic heterocycles.